The highest BCUT2D eigenvalue weighted by molar-refractivity contribution is 7.88. The van der Waals surface area contributed by atoms with E-state index in [1.165, 1.54) is 6.26 Å². The van der Waals surface area contributed by atoms with Gasteiger partial charge in [-0.25, -0.2) is 13.1 Å². The van der Waals surface area contributed by atoms with Gasteiger partial charge < -0.3 is 10.1 Å². The molecule has 0 aromatic rings. The molecule has 1 aliphatic heterocycles. The number of sulfonamides is 1. The first-order valence-corrected chi connectivity index (χ1v) is 7.16. The fourth-order valence-electron chi connectivity index (χ4n) is 1.79. The minimum Gasteiger partial charge on any atom is -0.371 e. The molecular weight excluding hydrogens is 216 g/mol. The van der Waals surface area contributed by atoms with Gasteiger partial charge in [0.05, 0.1) is 18.5 Å². The molecule has 0 radical (unpaired) electrons. The van der Waals surface area contributed by atoms with Gasteiger partial charge in [-0.05, 0) is 6.42 Å². The molecule has 90 valence electrons. The van der Waals surface area contributed by atoms with Crippen LogP contribution < -0.4 is 10.0 Å². The topological polar surface area (TPSA) is 67.4 Å². The van der Waals surface area contributed by atoms with Gasteiger partial charge in [-0.2, -0.15) is 0 Å². The van der Waals surface area contributed by atoms with E-state index in [0.29, 0.717) is 19.7 Å². The van der Waals surface area contributed by atoms with Crippen molar-refractivity contribution < 1.29 is 13.2 Å². The van der Waals surface area contributed by atoms with Crippen LogP contribution in [-0.2, 0) is 14.8 Å². The van der Waals surface area contributed by atoms with Gasteiger partial charge >= 0.3 is 0 Å². The van der Waals surface area contributed by atoms with Crippen LogP contribution in [0, 0.1) is 0 Å². The predicted molar refractivity (Wildman–Crippen MR) is 59.3 cm³/mol. The average molecular weight is 236 g/mol. The third-order valence-corrected chi connectivity index (χ3v) is 3.17. The summed E-state index contributed by atoms with van der Waals surface area (Å²) in [5.41, 5.74) is -0.365. The van der Waals surface area contributed by atoms with E-state index in [4.69, 9.17) is 4.74 Å². The molecule has 2 N–H and O–H groups in total. The molecule has 0 aliphatic carbocycles. The standard InChI is InChI=1S/C9H20N2O3S/c1-3-4-9(7-10-5-6-14-9)8-11-15(2,12)13/h10-11H,3-8H2,1-2H3. The maximum absolute atomic E-state index is 11.0. The summed E-state index contributed by atoms with van der Waals surface area (Å²) in [4.78, 5) is 0. The van der Waals surface area contributed by atoms with E-state index in [1.54, 1.807) is 0 Å². The minimum absolute atomic E-state index is 0.354. The van der Waals surface area contributed by atoms with Gasteiger partial charge in [-0.15, -0.1) is 0 Å². The molecule has 0 aromatic heterocycles. The molecule has 0 aromatic carbocycles. The highest BCUT2D eigenvalue weighted by atomic mass is 32.2. The molecule has 15 heavy (non-hydrogen) atoms. The monoisotopic (exact) mass is 236 g/mol. The molecule has 1 fully saturated rings. The van der Waals surface area contributed by atoms with Crippen molar-refractivity contribution in [3.63, 3.8) is 0 Å². The molecule has 1 rings (SSSR count). The Hall–Kier alpha value is -0.170. The van der Waals surface area contributed by atoms with Gasteiger partial charge in [0.2, 0.25) is 10.0 Å². The normalized spacial score (nSPS) is 27.9. The lowest BCUT2D eigenvalue weighted by Gasteiger charge is -2.37. The largest absolute Gasteiger partial charge is 0.371 e. The van der Waals surface area contributed by atoms with E-state index in [0.717, 1.165) is 19.4 Å². The van der Waals surface area contributed by atoms with Gasteiger partial charge in [-0.1, -0.05) is 13.3 Å². The third kappa shape index (κ3) is 4.46. The highest BCUT2D eigenvalue weighted by Crippen LogP contribution is 2.19. The zero-order valence-electron chi connectivity index (χ0n) is 9.38. The Morgan fingerprint density at radius 2 is 2.27 bits per heavy atom. The summed E-state index contributed by atoms with van der Waals surface area (Å²) in [7, 11) is -3.14. The Kier molecular flexibility index (Phi) is 4.51. The van der Waals surface area contributed by atoms with Crippen molar-refractivity contribution in [1.82, 2.24) is 10.0 Å². The zero-order chi connectivity index (χ0) is 11.4. The lowest BCUT2D eigenvalue weighted by molar-refractivity contribution is -0.0668. The maximum atomic E-state index is 11.0. The number of morpholine rings is 1. The van der Waals surface area contributed by atoms with E-state index in [1.807, 2.05) is 0 Å². The van der Waals surface area contributed by atoms with E-state index in [-0.39, 0.29) is 5.60 Å². The first kappa shape index (κ1) is 12.9. The number of hydrogen-bond acceptors (Lipinski definition) is 4. The molecule has 0 amide bonds. The van der Waals surface area contributed by atoms with Crippen LogP contribution in [0.3, 0.4) is 0 Å². The summed E-state index contributed by atoms with van der Waals surface area (Å²) in [5, 5.41) is 3.24. The van der Waals surface area contributed by atoms with Crippen molar-refractivity contribution in [2.24, 2.45) is 0 Å². The van der Waals surface area contributed by atoms with E-state index in [2.05, 4.69) is 17.0 Å². The maximum Gasteiger partial charge on any atom is 0.208 e. The number of rotatable bonds is 5. The Balaban J connectivity index is 2.56. The molecule has 1 atom stereocenters. The number of ether oxygens (including phenoxy) is 1. The van der Waals surface area contributed by atoms with Gasteiger partial charge in [0.25, 0.3) is 0 Å². The SMILES string of the molecule is CCCC1(CNS(C)(=O)=O)CNCCO1. The molecule has 1 aliphatic rings. The Bertz CT molecular complexity index is 278. The second-order valence-electron chi connectivity index (χ2n) is 4.05. The fourth-order valence-corrected chi connectivity index (χ4v) is 2.31. The Morgan fingerprint density at radius 3 is 2.73 bits per heavy atom. The van der Waals surface area contributed by atoms with Crippen LogP contribution in [-0.4, -0.2) is 46.5 Å². The van der Waals surface area contributed by atoms with Crippen LogP contribution in [0.25, 0.3) is 0 Å². The minimum atomic E-state index is -3.14. The van der Waals surface area contributed by atoms with Crippen molar-refractivity contribution in [3.8, 4) is 0 Å². The van der Waals surface area contributed by atoms with E-state index >= 15 is 0 Å². The Morgan fingerprint density at radius 1 is 1.53 bits per heavy atom. The molecule has 1 heterocycles. The van der Waals surface area contributed by atoms with Crippen LogP contribution in [0.15, 0.2) is 0 Å². The van der Waals surface area contributed by atoms with Gasteiger partial charge in [0, 0.05) is 19.6 Å². The third-order valence-electron chi connectivity index (χ3n) is 2.50. The summed E-state index contributed by atoms with van der Waals surface area (Å²) < 4.78 is 30.3. The van der Waals surface area contributed by atoms with Gasteiger partial charge in [0.15, 0.2) is 0 Å². The quantitative estimate of drug-likeness (QED) is 0.687. The molecule has 0 bridgehead atoms. The van der Waals surface area contributed by atoms with Crippen molar-refractivity contribution >= 4 is 10.0 Å². The molecule has 0 saturated carbocycles. The average Bonchev–Trinajstić information content (AvgIpc) is 2.16. The molecule has 6 heteroatoms. The van der Waals surface area contributed by atoms with Gasteiger partial charge in [0.1, 0.15) is 0 Å². The van der Waals surface area contributed by atoms with Crippen molar-refractivity contribution in [2.75, 3.05) is 32.5 Å². The van der Waals surface area contributed by atoms with Crippen LogP contribution in [0.1, 0.15) is 19.8 Å². The first-order chi connectivity index (χ1) is 6.97. The van der Waals surface area contributed by atoms with Crippen LogP contribution in [0.5, 0.6) is 0 Å². The fraction of sp³-hybridized carbons (Fsp3) is 1.00. The second-order valence-corrected chi connectivity index (χ2v) is 5.88. The second kappa shape index (κ2) is 5.25. The smallest absolute Gasteiger partial charge is 0.208 e. The molecule has 1 unspecified atom stereocenters. The van der Waals surface area contributed by atoms with Gasteiger partial charge in [-0.3, -0.25) is 0 Å². The number of hydrogen-bond donors (Lipinski definition) is 2. The summed E-state index contributed by atoms with van der Waals surface area (Å²) in [6.45, 7) is 4.62. The predicted octanol–water partition coefficient (Wildman–Crippen LogP) is -0.306. The van der Waals surface area contributed by atoms with Crippen LogP contribution in [0.4, 0.5) is 0 Å². The number of nitrogens with one attached hydrogen (secondary N) is 2. The summed E-state index contributed by atoms with van der Waals surface area (Å²) in [6.07, 6.45) is 3.01. The van der Waals surface area contributed by atoms with E-state index < -0.39 is 10.0 Å². The van der Waals surface area contributed by atoms with Crippen LogP contribution >= 0.6 is 0 Å². The Labute approximate surface area is 91.6 Å². The lowest BCUT2D eigenvalue weighted by Crippen LogP contribution is -2.55. The van der Waals surface area contributed by atoms with Crippen LogP contribution in [0.2, 0.25) is 0 Å². The summed E-state index contributed by atoms with van der Waals surface area (Å²) in [5.74, 6) is 0. The first-order valence-electron chi connectivity index (χ1n) is 5.27. The molecular formula is C9H20N2O3S. The molecule has 0 spiro atoms. The van der Waals surface area contributed by atoms with Crippen molar-refractivity contribution in [2.45, 2.75) is 25.4 Å². The highest BCUT2D eigenvalue weighted by Gasteiger charge is 2.32. The zero-order valence-corrected chi connectivity index (χ0v) is 10.2. The lowest BCUT2D eigenvalue weighted by atomic mass is 9.97. The summed E-state index contributed by atoms with van der Waals surface area (Å²) in [6, 6.07) is 0. The molecule has 5 nitrogen and oxygen atoms in total. The van der Waals surface area contributed by atoms with Crippen molar-refractivity contribution in [1.29, 1.82) is 0 Å². The molecule has 1 saturated heterocycles. The van der Waals surface area contributed by atoms with Crippen molar-refractivity contribution in [3.05, 3.63) is 0 Å². The van der Waals surface area contributed by atoms with E-state index in [9.17, 15) is 8.42 Å². The summed E-state index contributed by atoms with van der Waals surface area (Å²) >= 11 is 0.